The molecule has 0 spiro atoms. The molecule has 0 N–H and O–H groups in total. The molecule has 0 saturated heterocycles. The summed E-state index contributed by atoms with van der Waals surface area (Å²) in [7, 11) is 2.42. The van der Waals surface area contributed by atoms with E-state index in [1.807, 2.05) is 0 Å². The fourth-order valence-corrected chi connectivity index (χ4v) is 1.59. The van der Waals surface area contributed by atoms with Crippen LogP contribution in [0.5, 0.6) is 0 Å². The van der Waals surface area contributed by atoms with Gasteiger partial charge in [0.05, 0.1) is 20.1 Å². The number of carbonyl (C=O) groups is 2. The molecule has 0 aromatic heterocycles. The van der Waals surface area contributed by atoms with Crippen LogP contribution in [0.25, 0.3) is 0 Å². The highest BCUT2D eigenvalue weighted by molar-refractivity contribution is 5.89. The van der Waals surface area contributed by atoms with Gasteiger partial charge < -0.3 is 14.8 Å². The van der Waals surface area contributed by atoms with Crippen LogP contribution in [0.3, 0.4) is 0 Å². The molecule has 1 aliphatic rings. The third-order valence-electron chi connectivity index (χ3n) is 2.30. The van der Waals surface area contributed by atoms with Gasteiger partial charge in [0, 0.05) is 18.9 Å². The van der Waals surface area contributed by atoms with Gasteiger partial charge in [-0.15, -0.1) is 0 Å². The molecule has 0 amide bonds. The molecule has 0 aromatic carbocycles. The van der Waals surface area contributed by atoms with Gasteiger partial charge in [-0.05, 0) is 0 Å². The number of Topliss-reactive ketones (excluding diaryl/α,β-unsaturated/α-hetero) is 1. The zero-order valence-electron chi connectivity index (χ0n) is 8.06. The van der Waals surface area contributed by atoms with Gasteiger partial charge in [-0.25, -0.2) is 0 Å². The van der Waals surface area contributed by atoms with Gasteiger partial charge in [0.2, 0.25) is 0 Å². The number of rotatable bonds is 3. The molecule has 2 atom stereocenters. The van der Waals surface area contributed by atoms with Gasteiger partial charge in [0.1, 0.15) is 5.78 Å². The van der Waals surface area contributed by atoms with E-state index in [1.54, 1.807) is 0 Å². The SMILES string of the molecule is COC(=O)[C@@H]1CC(=O)C[C@H]1N([O-])OC. The lowest BCUT2D eigenvalue weighted by Gasteiger charge is -2.33. The molecule has 1 rings (SSSR count). The molecule has 0 radical (unpaired) electrons. The second-order valence-electron chi connectivity index (χ2n) is 3.11. The third kappa shape index (κ3) is 2.09. The Labute approximate surface area is 81.3 Å². The summed E-state index contributed by atoms with van der Waals surface area (Å²) in [6.07, 6.45) is 0.0938. The van der Waals surface area contributed by atoms with Crippen LogP contribution in [0.4, 0.5) is 0 Å². The molecule has 0 bridgehead atoms. The van der Waals surface area contributed by atoms with E-state index in [-0.39, 0.29) is 23.9 Å². The number of carbonyl (C=O) groups excluding carboxylic acids is 2. The second-order valence-corrected chi connectivity index (χ2v) is 3.11. The zero-order valence-corrected chi connectivity index (χ0v) is 8.06. The Bertz CT molecular complexity index is 242. The molecule has 14 heavy (non-hydrogen) atoms. The van der Waals surface area contributed by atoms with Gasteiger partial charge in [-0.1, -0.05) is 0 Å². The maximum absolute atomic E-state index is 11.2. The minimum atomic E-state index is -0.750. The van der Waals surface area contributed by atoms with Crippen molar-refractivity contribution in [2.24, 2.45) is 5.92 Å². The minimum Gasteiger partial charge on any atom is -0.762 e. The number of ketones is 1. The number of nitrogens with zero attached hydrogens (tertiary/aromatic N) is 1. The minimum absolute atomic E-state index is 0.0388. The summed E-state index contributed by atoms with van der Waals surface area (Å²) in [4.78, 5) is 26.7. The average molecular weight is 202 g/mol. The maximum Gasteiger partial charge on any atom is 0.310 e. The Balaban J connectivity index is 2.72. The summed E-state index contributed by atoms with van der Waals surface area (Å²) in [6.45, 7) is 0. The molecule has 6 nitrogen and oxygen atoms in total. The van der Waals surface area contributed by atoms with E-state index in [0.717, 1.165) is 0 Å². The summed E-state index contributed by atoms with van der Waals surface area (Å²) in [5.74, 6) is -1.37. The van der Waals surface area contributed by atoms with Crippen molar-refractivity contribution in [3.8, 4) is 0 Å². The van der Waals surface area contributed by atoms with Gasteiger partial charge in [0.15, 0.2) is 0 Å². The van der Waals surface area contributed by atoms with Crippen LogP contribution in [0.15, 0.2) is 0 Å². The molecule has 1 aliphatic carbocycles. The van der Waals surface area contributed by atoms with Crippen molar-refractivity contribution < 1.29 is 19.2 Å². The highest BCUT2D eigenvalue weighted by atomic mass is 16.9. The van der Waals surface area contributed by atoms with Crippen LogP contribution < -0.4 is 0 Å². The summed E-state index contributed by atoms with van der Waals surface area (Å²) >= 11 is 0. The van der Waals surface area contributed by atoms with Gasteiger partial charge in [0.25, 0.3) is 0 Å². The summed E-state index contributed by atoms with van der Waals surface area (Å²) in [5, 5.41) is 11.4. The number of hydrogen-bond donors (Lipinski definition) is 0. The topological polar surface area (TPSA) is 78.9 Å². The van der Waals surface area contributed by atoms with E-state index >= 15 is 0 Å². The zero-order chi connectivity index (χ0) is 10.7. The average Bonchev–Trinajstić information content (AvgIpc) is 2.58. The molecule has 6 heteroatoms. The molecule has 0 aromatic rings. The van der Waals surface area contributed by atoms with Crippen molar-refractivity contribution in [1.82, 2.24) is 5.23 Å². The largest absolute Gasteiger partial charge is 0.762 e. The standard InChI is InChI=1S/C8H12NO5/c1-13-8(11)6-3-5(10)4-7(6)9(12)14-2/h6-7H,3-4H2,1-2H3/q-1/t6-,7-/m1/s1. The van der Waals surface area contributed by atoms with Crippen LogP contribution in [-0.4, -0.2) is 37.2 Å². The fourth-order valence-electron chi connectivity index (χ4n) is 1.59. The van der Waals surface area contributed by atoms with E-state index < -0.39 is 17.9 Å². The summed E-state index contributed by atoms with van der Waals surface area (Å²) in [5.41, 5.74) is 0. The molecule has 0 unspecified atom stereocenters. The monoisotopic (exact) mass is 202 g/mol. The van der Waals surface area contributed by atoms with Crippen molar-refractivity contribution in [2.45, 2.75) is 18.9 Å². The normalized spacial score (nSPS) is 27.0. The first-order valence-corrected chi connectivity index (χ1v) is 4.20. The molecular formula is C8H12NO5-. The first kappa shape index (κ1) is 11.1. The third-order valence-corrected chi connectivity index (χ3v) is 2.30. The first-order valence-electron chi connectivity index (χ1n) is 4.20. The van der Waals surface area contributed by atoms with Crippen molar-refractivity contribution in [3.05, 3.63) is 5.21 Å². The number of hydroxylamine groups is 2. The number of methoxy groups -OCH3 is 1. The fraction of sp³-hybridized carbons (Fsp3) is 0.750. The van der Waals surface area contributed by atoms with Crippen molar-refractivity contribution in [2.75, 3.05) is 14.2 Å². The van der Waals surface area contributed by atoms with Crippen LogP contribution in [0.1, 0.15) is 12.8 Å². The Morgan fingerprint density at radius 3 is 2.64 bits per heavy atom. The Morgan fingerprint density at radius 1 is 1.50 bits per heavy atom. The van der Waals surface area contributed by atoms with Gasteiger partial charge in [-0.3, -0.25) is 14.8 Å². The predicted octanol–water partition coefficient (Wildman–Crippen LogP) is -0.132. The molecule has 1 saturated carbocycles. The van der Waals surface area contributed by atoms with Crippen LogP contribution in [0, 0.1) is 11.1 Å². The Morgan fingerprint density at radius 2 is 2.14 bits per heavy atom. The predicted molar refractivity (Wildman–Crippen MR) is 45.8 cm³/mol. The highest BCUT2D eigenvalue weighted by Gasteiger charge is 2.39. The quantitative estimate of drug-likeness (QED) is 0.468. The van der Waals surface area contributed by atoms with Crippen LogP contribution in [0.2, 0.25) is 0 Å². The highest BCUT2D eigenvalue weighted by Crippen LogP contribution is 2.28. The van der Waals surface area contributed by atoms with E-state index in [0.29, 0.717) is 0 Å². The Hall–Kier alpha value is -0.980. The summed E-state index contributed by atoms with van der Waals surface area (Å²) < 4.78 is 4.50. The van der Waals surface area contributed by atoms with Crippen molar-refractivity contribution in [3.63, 3.8) is 0 Å². The lowest BCUT2D eigenvalue weighted by atomic mass is 10.1. The van der Waals surface area contributed by atoms with Crippen LogP contribution >= 0.6 is 0 Å². The van der Waals surface area contributed by atoms with Crippen molar-refractivity contribution in [1.29, 1.82) is 0 Å². The smallest absolute Gasteiger partial charge is 0.310 e. The lowest BCUT2D eigenvalue weighted by molar-refractivity contribution is -0.160. The lowest BCUT2D eigenvalue weighted by Crippen LogP contribution is -2.36. The number of esters is 1. The van der Waals surface area contributed by atoms with Crippen molar-refractivity contribution >= 4 is 11.8 Å². The van der Waals surface area contributed by atoms with E-state index in [1.165, 1.54) is 14.2 Å². The molecule has 0 aliphatic heterocycles. The second kappa shape index (κ2) is 4.50. The summed E-state index contributed by atoms with van der Waals surface area (Å²) in [6, 6.07) is -0.750. The van der Waals surface area contributed by atoms with E-state index in [4.69, 9.17) is 0 Å². The molecule has 1 fully saturated rings. The molecule has 80 valence electrons. The first-order chi connectivity index (χ1) is 6.60. The van der Waals surface area contributed by atoms with Gasteiger partial charge >= 0.3 is 5.97 Å². The van der Waals surface area contributed by atoms with Gasteiger partial charge in [-0.2, -0.15) is 0 Å². The maximum atomic E-state index is 11.2. The van der Waals surface area contributed by atoms with E-state index in [9.17, 15) is 14.8 Å². The van der Waals surface area contributed by atoms with E-state index in [2.05, 4.69) is 9.57 Å². The molecule has 0 heterocycles. The molecular weight excluding hydrogens is 190 g/mol. The number of hydrogen-bond acceptors (Lipinski definition) is 6. The Kier molecular flexibility index (Phi) is 3.56. The number of ether oxygens (including phenoxy) is 1. The van der Waals surface area contributed by atoms with Crippen LogP contribution in [-0.2, 0) is 19.2 Å².